The number of carbonyl (C=O) groups excluding carboxylic acids is 3. The zero-order valence-corrected chi connectivity index (χ0v) is 25.8. The second kappa shape index (κ2) is 13.5. The molecule has 2 aromatic carbocycles. The molecule has 3 amide bonds. The number of nitrogens with zero attached hydrogens (tertiary/aromatic N) is 3. The molecule has 43 heavy (non-hydrogen) atoms. The lowest BCUT2D eigenvalue weighted by atomic mass is 9.80. The molecule has 9 heteroatoms. The molecular weight excluding hydrogens is 544 g/mol. The highest BCUT2D eigenvalue weighted by Crippen LogP contribution is 2.35. The van der Waals surface area contributed by atoms with Crippen molar-refractivity contribution in [3.63, 3.8) is 0 Å². The van der Waals surface area contributed by atoms with E-state index in [0.717, 1.165) is 56.6 Å². The van der Waals surface area contributed by atoms with E-state index in [1.165, 1.54) is 0 Å². The van der Waals surface area contributed by atoms with Crippen molar-refractivity contribution in [1.82, 2.24) is 20.0 Å². The Hall–Kier alpha value is -3.43. The lowest BCUT2D eigenvalue weighted by Gasteiger charge is -2.52. The summed E-state index contributed by atoms with van der Waals surface area (Å²) in [5.41, 5.74) is 0.967. The molecule has 0 radical (unpaired) electrons. The average Bonchev–Trinajstić information content (AvgIpc) is 3.56. The maximum atomic E-state index is 13.5. The summed E-state index contributed by atoms with van der Waals surface area (Å²) in [4.78, 5) is 45.7. The Kier molecular flexibility index (Phi) is 9.72. The number of ether oxygens (including phenoxy) is 1. The average molecular weight is 591 g/mol. The third-order valence-corrected chi connectivity index (χ3v) is 9.26. The first kappa shape index (κ1) is 31.0. The van der Waals surface area contributed by atoms with Crippen LogP contribution in [-0.2, 0) is 16.1 Å². The molecule has 3 aliphatic heterocycles. The lowest BCUT2D eigenvalue weighted by molar-refractivity contribution is -0.165. The summed E-state index contributed by atoms with van der Waals surface area (Å²) in [6, 6.07) is 14.4. The molecule has 5 rings (SSSR count). The van der Waals surface area contributed by atoms with Crippen LogP contribution in [0.25, 0.3) is 0 Å². The van der Waals surface area contributed by atoms with Gasteiger partial charge in [-0.25, -0.2) is 0 Å². The molecule has 3 heterocycles. The van der Waals surface area contributed by atoms with Crippen molar-refractivity contribution in [2.45, 2.75) is 83.5 Å². The van der Waals surface area contributed by atoms with E-state index in [9.17, 15) is 19.5 Å². The van der Waals surface area contributed by atoms with Gasteiger partial charge >= 0.3 is 0 Å². The highest BCUT2D eigenvalue weighted by molar-refractivity contribution is 6.00. The number of hydrogen-bond acceptors (Lipinski definition) is 6. The smallest absolute Gasteiger partial charge is 0.253 e. The monoisotopic (exact) mass is 590 g/mol. The molecule has 232 valence electrons. The predicted octanol–water partition coefficient (Wildman–Crippen LogP) is 4.19. The van der Waals surface area contributed by atoms with Gasteiger partial charge in [0.05, 0.1) is 6.10 Å². The normalized spacial score (nSPS) is 21.4. The van der Waals surface area contributed by atoms with Crippen LogP contribution in [0.2, 0.25) is 0 Å². The highest BCUT2D eigenvalue weighted by atomic mass is 16.5. The van der Waals surface area contributed by atoms with Crippen LogP contribution in [-0.4, -0.2) is 87.9 Å². The molecule has 2 aromatic rings. The van der Waals surface area contributed by atoms with E-state index in [1.54, 1.807) is 4.90 Å². The summed E-state index contributed by atoms with van der Waals surface area (Å²) >= 11 is 0. The van der Waals surface area contributed by atoms with Gasteiger partial charge in [-0.1, -0.05) is 39.3 Å². The van der Waals surface area contributed by atoms with Gasteiger partial charge in [-0.3, -0.25) is 19.3 Å². The summed E-state index contributed by atoms with van der Waals surface area (Å²) in [6.45, 7) is 10.1. The fourth-order valence-corrected chi connectivity index (χ4v) is 6.50. The van der Waals surface area contributed by atoms with Crippen LogP contribution < -0.4 is 10.1 Å². The minimum atomic E-state index is -0.909. The zero-order valence-electron chi connectivity index (χ0n) is 25.8. The highest BCUT2D eigenvalue weighted by Gasteiger charge is 2.54. The van der Waals surface area contributed by atoms with Gasteiger partial charge in [0.2, 0.25) is 11.8 Å². The van der Waals surface area contributed by atoms with Gasteiger partial charge in [-0.05, 0) is 80.0 Å². The maximum absolute atomic E-state index is 13.5. The van der Waals surface area contributed by atoms with Crippen LogP contribution in [0.1, 0.15) is 75.2 Å². The molecule has 1 spiro atoms. The van der Waals surface area contributed by atoms with Crippen molar-refractivity contribution < 1.29 is 24.2 Å². The minimum absolute atomic E-state index is 0.0792. The molecule has 3 fully saturated rings. The van der Waals surface area contributed by atoms with E-state index in [0.29, 0.717) is 43.8 Å². The Morgan fingerprint density at radius 2 is 1.58 bits per heavy atom. The standard InChI is InChI=1S/C34H46N4O5/c1-4-5-20-38-32(41)29(30(39)24(2)3)35-33(42)34(38)16-21-36(22-17-34)23-25-8-12-27(13-9-25)43-28-14-10-26(11-15-28)31(40)37-18-6-7-19-37/h8-15,24,29-30,39H,4-7,16-23H2,1-3H3,(H,35,42)/t29-,30-/m1/s1. The number of hydrogen-bond donors (Lipinski definition) is 2. The molecule has 0 bridgehead atoms. The van der Waals surface area contributed by atoms with Gasteiger partial charge in [-0.15, -0.1) is 0 Å². The summed E-state index contributed by atoms with van der Waals surface area (Å²) in [5, 5.41) is 13.5. The van der Waals surface area contributed by atoms with Gasteiger partial charge in [0.25, 0.3) is 5.91 Å². The first-order valence-corrected chi connectivity index (χ1v) is 15.9. The van der Waals surface area contributed by atoms with Crippen molar-refractivity contribution in [3.05, 3.63) is 59.7 Å². The molecule has 0 aromatic heterocycles. The largest absolute Gasteiger partial charge is 0.457 e. The number of piperidine rings is 1. The zero-order chi connectivity index (χ0) is 30.6. The maximum Gasteiger partial charge on any atom is 0.253 e. The number of aliphatic hydroxyl groups excluding tert-OH is 1. The fraction of sp³-hybridized carbons (Fsp3) is 0.559. The Morgan fingerprint density at radius 3 is 2.16 bits per heavy atom. The lowest BCUT2D eigenvalue weighted by Crippen LogP contribution is -2.74. The van der Waals surface area contributed by atoms with Crippen molar-refractivity contribution in [2.24, 2.45) is 5.92 Å². The van der Waals surface area contributed by atoms with E-state index >= 15 is 0 Å². The number of carbonyl (C=O) groups is 3. The number of nitrogens with one attached hydrogen (secondary N) is 1. The summed E-state index contributed by atoms with van der Waals surface area (Å²) in [5.74, 6) is 1.06. The van der Waals surface area contributed by atoms with Crippen LogP contribution >= 0.6 is 0 Å². The first-order chi connectivity index (χ1) is 20.7. The second-order valence-electron chi connectivity index (χ2n) is 12.6. The van der Waals surface area contributed by atoms with Crippen LogP contribution in [0.3, 0.4) is 0 Å². The van der Waals surface area contributed by atoms with E-state index in [-0.39, 0.29) is 23.6 Å². The van der Waals surface area contributed by atoms with Gasteiger partial charge in [0.15, 0.2) is 0 Å². The number of rotatable bonds is 10. The van der Waals surface area contributed by atoms with Crippen LogP contribution in [0.15, 0.2) is 48.5 Å². The number of amides is 3. The number of piperazine rings is 1. The van der Waals surface area contributed by atoms with E-state index < -0.39 is 17.7 Å². The SMILES string of the molecule is CCCCN1C(=O)[C@@H]([C@H](O)C(C)C)NC(=O)C12CCN(Cc1ccc(Oc3ccc(C(=O)N4CCCC4)cc3)cc1)CC2. The van der Waals surface area contributed by atoms with Gasteiger partial charge in [-0.2, -0.15) is 0 Å². The number of aliphatic hydroxyl groups is 1. The van der Waals surface area contributed by atoms with E-state index in [1.807, 2.05) is 67.3 Å². The van der Waals surface area contributed by atoms with E-state index in [2.05, 4.69) is 17.1 Å². The Labute approximate surface area is 255 Å². The minimum Gasteiger partial charge on any atom is -0.457 e. The van der Waals surface area contributed by atoms with Crippen LogP contribution in [0, 0.1) is 5.92 Å². The quantitative estimate of drug-likeness (QED) is 0.430. The second-order valence-corrected chi connectivity index (χ2v) is 12.6. The Morgan fingerprint density at radius 1 is 0.977 bits per heavy atom. The topological polar surface area (TPSA) is 102 Å². The molecule has 3 saturated heterocycles. The molecular formula is C34H46N4O5. The number of unbranched alkanes of at least 4 members (excludes halogenated alkanes) is 1. The van der Waals surface area contributed by atoms with Crippen molar-refractivity contribution >= 4 is 17.7 Å². The molecule has 2 atom stereocenters. The molecule has 2 N–H and O–H groups in total. The number of benzene rings is 2. The van der Waals surface area contributed by atoms with Gasteiger partial charge < -0.3 is 25.0 Å². The molecule has 0 unspecified atom stereocenters. The molecule has 0 aliphatic carbocycles. The molecule has 3 aliphatic rings. The summed E-state index contributed by atoms with van der Waals surface area (Å²) < 4.78 is 6.03. The third kappa shape index (κ3) is 6.73. The summed E-state index contributed by atoms with van der Waals surface area (Å²) in [6.07, 6.45) is 4.11. The summed E-state index contributed by atoms with van der Waals surface area (Å²) in [7, 11) is 0. The third-order valence-electron chi connectivity index (χ3n) is 9.26. The van der Waals surface area contributed by atoms with Crippen molar-refractivity contribution in [2.75, 3.05) is 32.7 Å². The van der Waals surface area contributed by atoms with Crippen molar-refractivity contribution in [1.29, 1.82) is 0 Å². The Bertz CT molecular complexity index is 1260. The van der Waals surface area contributed by atoms with Gasteiger partial charge in [0, 0.05) is 44.8 Å². The predicted molar refractivity (Wildman–Crippen MR) is 165 cm³/mol. The number of likely N-dealkylation sites (tertiary alicyclic amines) is 2. The fourth-order valence-electron chi connectivity index (χ4n) is 6.50. The Balaban J connectivity index is 1.17. The molecule has 0 saturated carbocycles. The van der Waals surface area contributed by atoms with E-state index in [4.69, 9.17) is 4.74 Å². The van der Waals surface area contributed by atoms with Crippen LogP contribution in [0.4, 0.5) is 0 Å². The first-order valence-electron chi connectivity index (χ1n) is 15.9. The van der Waals surface area contributed by atoms with Gasteiger partial charge in [0.1, 0.15) is 23.1 Å². The van der Waals surface area contributed by atoms with Crippen molar-refractivity contribution in [3.8, 4) is 11.5 Å². The molecule has 9 nitrogen and oxygen atoms in total. The van der Waals surface area contributed by atoms with Crippen LogP contribution in [0.5, 0.6) is 11.5 Å².